The summed E-state index contributed by atoms with van der Waals surface area (Å²) in [7, 11) is 0. The fourth-order valence-corrected chi connectivity index (χ4v) is 4.09. The lowest BCUT2D eigenvalue weighted by Gasteiger charge is -2.20. The van der Waals surface area contributed by atoms with E-state index in [0.29, 0.717) is 0 Å². The van der Waals surface area contributed by atoms with Crippen molar-refractivity contribution in [1.29, 1.82) is 0 Å². The summed E-state index contributed by atoms with van der Waals surface area (Å²) >= 11 is 0. The van der Waals surface area contributed by atoms with Gasteiger partial charge >= 0.3 is 0 Å². The molecule has 0 aliphatic carbocycles. The largest absolute Gasteiger partial charge is 0.308 e. The van der Waals surface area contributed by atoms with E-state index in [9.17, 15) is 0 Å². The first-order valence-electron chi connectivity index (χ1n) is 8.24. The van der Waals surface area contributed by atoms with Crippen molar-refractivity contribution in [2.75, 3.05) is 0 Å². The standard InChI is InChI=1S/C22H19N/c1-22(2,3)17-13-12-15-14-8-4-6-10-18(14)23-19-11-7-5-9-16(19)20(17)21(15)23/h4-13H,1-3H3. The van der Waals surface area contributed by atoms with E-state index in [2.05, 4.69) is 85.8 Å². The number of aromatic nitrogens is 1. The molecule has 2 aromatic heterocycles. The second-order valence-corrected chi connectivity index (χ2v) is 7.50. The highest BCUT2D eigenvalue weighted by molar-refractivity contribution is 6.24. The van der Waals surface area contributed by atoms with E-state index in [1.54, 1.807) is 0 Å². The van der Waals surface area contributed by atoms with Crippen molar-refractivity contribution in [3.63, 3.8) is 0 Å². The Morgan fingerprint density at radius 3 is 1.96 bits per heavy atom. The van der Waals surface area contributed by atoms with Crippen LogP contribution in [0.5, 0.6) is 0 Å². The van der Waals surface area contributed by atoms with Crippen LogP contribution < -0.4 is 0 Å². The van der Waals surface area contributed by atoms with Gasteiger partial charge in [0.25, 0.3) is 0 Å². The Morgan fingerprint density at radius 1 is 0.652 bits per heavy atom. The third-order valence-corrected chi connectivity index (χ3v) is 5.06. The van der Waals surface area contributed by atoms with Crippen LogP contribution in [0.15, 0.2) is 60.7 Å². The molecule has 5 rings (SSSR count). The molecule has 2 heterocycles. The Kier molecular flexibility index (Phi) is 2.28. The van der Waals surface area contributed by atoms with E-state index in [-0.39, 0.29) is 5.41 Å². The van der Waals surface area contributed by atoms with E-state index < -0.39 is 0 Å². The predicted molar refractivity (Wildman–Crippen MR) is 99.8 cm³/mol. The van der Waals surface area contributed by atoms with Crippen molar-refractivity contribution in [3.05, 3.63) is 66.2 Å². The minimum Gasteiger partial charge on any atom is -0.308 e. The van der Waals surface area contributed by atoms with E-state index in [1.807, 2.05) is 0 Å². The van der Waals surface area contributed by atoms with Gasteiger partial charge in [0.05, 0.1) is 16.6 Å². The molecule has 112 valence electrons. The molecule has 0 unspecified atom stereocenters. The fraction of sp³-hybridized carbons (Fsp3) is 0.182. The molecule has 1 nitrogen and oxygen atoms in total. The second-order valence-electron chi connectivity index (χ2n) is 7.50. The average molecular weight is 297 g/mol. The molecule has 0 aliphatic rings. The number of fused-ring (bicyclic) bond motifs is 6. The lowest BCUT2D eigenvalue weighted by atomic mass is 9.83. The molecular formula is C22H19N. The summed E-state index contributed by atoms with van der Waals surface area (Å²) in [5, 5.41) is 5.49. The molecule has 5 aromatic rings. The fourth-order valence-electron chi connectivity index (χ4n) is 4.09. The van der Waals surface area contributed by atoms with Crippen LogP contribution in [-0.2, 0) is 5.41 Å². The molecule has 1 heteroatoms. The minimum atomic E-state index is 0.127. The number of nitrogens with zero attached hydrogens (tertiary/aromatic N) is 1. The number of rotatable bonds is 0. The van der Waals surface area contributed by atoms with Gasteiger partial charge in [0.15, 0.2) is 0 Å². The quantitative estimate of drug-likeness (QED) is 0.323. The first-order chi connectivity index (χ1) is 11.1. The van der Waals surface area contributed by atoms with Crippen LogP contribution >= 0.6 is 0 Å². The number of para-hydroxylation sites is 2. The van der Waals surface area contributed by atoms with Gasteiger partial charge < -0.3 is 4.40 Å². The molecule has 0 saturated heterocycles. The van der Waals surface area contributed by atoms with Gasteiger partial charge in [0, 0.05) is 21.5 Å². The van der Waals surface area contributed by atoms with Crippen molar-refractivity contribution < 1.29 is 0 Å². The highest BCUT2D eigenvalue weighted by Gasteiger charge is 2.24. The highest BCUT2D eigenvalue weighted by atomic mass is 14.9. The van der Waals surface area contributed by atoms with Crippen molar-refractivity contribution in [1.82, 2.24) is 4.40 Å². The molecule has 0 radical (unpaired) electrons. The van der Waals surface area contributed by atoms with Gasteiger partial charge in [-0.05, 0) is 23.1 Å². The number of hydrogen-bond acceptors (Lipinski definition) is 0. The summed E-state index contributed by atoms with van der Waals surface area (Å²) in [4.78, 5) is 0. The Bertz CT molecular complexity index is 1190. The minimum absolute atomic E-state index is 0.127. The Labute approximate surface area is 135 Å². The molecule has 0 aliphatic heterocycles. The van der Waals surface area contributed by atoms with Gasteiger partial charge in [-0.1, -0.05) is 69.3 Å². The van der Waals surface area contributed by atoms with Gasteiger partial charge in [0.1, 0.15) is 0 Å². The smallest absolute Gasteiger partial charge is 0.0623 e. The maximum Gasteiger partial charge on any atom is 0.0623 e. The van der Waals surface area contributed by atoms with Crippen LogP contribution in [0.2, 0.25) is 0 Å². The van der Waals surface area contributed by atoms with Crippen LogP contribution in [0.3, 0.4) is 0 Å². The van der Waals surface area contributed by atoms with Gasteiger partial charge in [-0.2, -0.15) is 0 Å². The zero-order valence-corrected chi connectivity index (χ0v) is 13.7. The van der Waals surface area contributed by atoms with Gasteiger partial charge in [-0.25, -0.2) is 0 Å². The maximum atomic E-state index is 2.45. The van der Waals surface area contributed by atoms with Crippen LogP contribution in [0, 0.1) is 0 Å². The summed E-state index contributed by atoms with van der Waals surface area (Å²) in [6.45, 7) is 6.91. The molecule has 0 amide bonds. The maximum absolute atomic E-state index is 2.45. The van der Waals surface area contributed by atoms with Crippen molar-refractivity contribution in [2.45, 2.75) is 26.2 Å². The molecular weight excluding hydrogens is 278 g/mol. The van der Waals surface area contributed by atoms with Crippen LogP contribution in [0.1, 0.15) is 26.3 Å². The van der Waals surface area contributed by atoms with Crippen molar-refractivity contribution in [2.24, 2.45) is 0 Å². The van der Waals surface area contributed by atoms with Crippen LogP contribution in [0.25, 0.3) is 38.1 Å². The number of hydrogen-bond donors (Lipinski definition) is 0. The van der Waals surface area contributed by atoms with E-state index in [4.69, 9.17) is 0 Å². The monoisotopic (exact) mass is 297 g/mol. The molecule has 0 bridgehead atoms. The summed E-state index contributed by atoms with van der Waals surface area (Å²) < 4.78 is 2.45. The lowest BCUT2D eigenvalue weighted by molar-refractivity contribution is 0.596. The molecule has 0 N–H and O–H groups in total. The summed E-state index contributed by atoms with van der Waals surface area (Å²) in [5.41, 5.74) is 5.55. The van der Waals surface area contributed by atoms with Gasteiger partial charge in [0.2, 0.25) is 0 Å². The highest BCUT2D eigenvalue weighted by Crippen LogP contribution is 2.43. The van der Waals surface area contributed by atoms with E-state index >= 15 is 0 Å². The summed E-state index contributed by atoms with van der Waals surface area (Å²) in [5.74, 6) is 0. The molecule has 0 saturated carbocycles. The first-order valence-corrected chi connectivity index (χ1v) is 8.24. The number of benzene rings is 3. The third-order valence-electron chi connectivity index (χ3n) is 5.06. The van der Waals surface area contributed by atoms with Crippen molar-refractivity contribution >= 4 is 38.1 Å². The molecule has 3 aromatic carbocycles. The Hall–Kier alpha value is -2.54. The molecule has 23 heavy (non-hydrogen) atoms. The van der Waals surface area contributed by atoms with Crippen LogP contribution in [0.4, 0.5) is 0 Å². The zero-order valence-electron chi connectivity index (χ0n) is 13.7. The average Bonchev–Trinajstić information content (AvgIpc) is 3.05. The first kappa shape index (κ1) is 13.0. The molecule has 0 atom stereocenters. The normalized spacial score (nSPS) is 13.0. The van der Waals surface area contributed by atoms with E-state index in [0.717, 1.165) is 0 Å². The SMILES string of the molecule is CC(C)(C)c1ccc2c3ccccc3n3c4ccccc4c1c23. The Balaban J connectivity index is 2.21. The Morgan fingerprint density at radius 2 is 1.26 bits per heavy atom. The van der Waals surface area contributed by atoms with Crippen molar-refractivity contribution in [3.8, 4) is 0 Å². The van der Waals surface area contributed by atoms with Gasteiger partial charge in [-0.15, -0.1) is 0 Å². The lowest BCUT2D eigenvalue weighted by Crippen LogP contribution is -2.11. The van der Waals surface area contributed by atoms with Crippen LogP contribution in [-0.4, -0.2) is 4.40 Å². The second kappa shape index (κ2) is 4.05. The topological polar surface area (TPSA) is 4.41 Å². The molecule has 0 spiro atoms. The predicted octanol–water partition coefficient (Wildman–Crippen LogP) is 6.13. The molecule has 0 fully saturated rings. The van der Waals surface area contributed by atoms with Gasteiger partial charge in [-0.3, -0.25) is 0 Å². The zero-order chi connectivity index (χ0) is 15.8. The summed E-state index contributed by atoms with van der Waals surface area (Å²) in [6.07, 6.45) is 0. The summed E-state index contributed by atoms with van der Waals surface area (Å²) in [6, 6.07) is 22.2. The third kappa shape index (κ3) is 1.52. The van der Waals surface area contributed by atoms with E-state index in [1.165, 1.54) is 43.7 Å².